The molecule has 1 amide bonds. The second-order valence-electron chi connectivity index (χ2n) is 9.50. The zero-order valence-corrected chi connectivity index (χ0v) is 18.6. The normalized spacial score (nSPS) is 17.7. The van der Waals surface area contributed by atoms with Gasteiger partial charge >= 0.3 is 6.09 Å². The Hall–Kier alpha value is -0.593. The van der Waals surface area contributed by atoms with E-state index in [1.165, 1.54) is 0 Å². The van der Waals surface area contributed by atoms with Gasteiger partial charge in [0.2, 0.25) is 0 Å². The van der Waals surface area contributed by atoms with Crippen LogP contribution >= 0.6 is 0 Å². The number of nitrogens with zero attached hydrogens (tertiary/aromatic N) is 1. The van der Waals surface area contributed by atoms with Crippen LogP contribution in [0.3, 0.4) is 0 Å². The molecule has 0 bridgehead atoms. The number of hydrogen-bond donors (Lipinski definition) is 0. The zero-order valence-electron chi connectivity index (χ0n) is 17.6. The molecule has 1 rings (SSSR count). The van der Waals surface area contributed by atoms with Crippen molar-refractivity contribution in [1.82, 2.24) is 4.90 Å². The fraction of sp³-hybridized carbons (Fsp3) is 0.947. The minimum atomic E-state index is -1.65. The SMILES string of the molecule is CC(C)(C)OC(=O)N1CCC(OCCCO[Si](C)(C)C(C)(C)C)CC1. The van der Waals surface area contributed by atoms with Gasteiger partial charge in [0, 0.05) is 26.3 Å². The van der Waals surface area contributed by atoms with Gasteiger partial charge in [0.05, 0.1) is 6.10 Å². The van der Waals surface area contributed by atoms with Gasteiger partial charge in [0.15, 0.2) is 8.32 Å². The molecule has 0 atom stereocenters. The van der Waals surface area contributed by atoms with Crippen molar-refractivity contribution in [2.24, 2.45) is 0 Å². The third kappa shape index (κ3) is 8.09. The van der Waals surface area contributed by atoms with Crippen LogP contribution in [-0.2, 0) is 13.9 Å². The first kappa shape index (κ1) is 22.4. The number of carbonyl (C=O) groups is 1. The van der Waals surface area contributed by atoms with E-state index in [0.717, 1.165) is 32.5 Å². The van der Waals surface area contributed by atoms with Crippen molar-refractivity contribution in [1.29, 1.82) is 0 Å². The molecule has 1 aliphatic heterocycles. The maximum Gasteiger partial charge on any atom is 0.410 e. The predicted octanol–water partition coefficient (Wildman–Crippen LogP) is 4.81. The average Bonchev–Trinajstić information content (AvgIpc) is 2.44. The van der Waals surface area contributed by atoms with Gasteiger partial charge in [-0.25, -0.2) is 4.79 Å². The summed E-state index contributed by atoms with van der Waals surface area (Å²) >= 11 is 0. The molecule has 0 aromatic carbocycles. The van der Waals surface area contributed by atoms with Crippen molar-refractivity contribution in [3.63, 3.8) is 0 Å². The summed E-state index contributed by atoms with van der Waals surface area (Å²) in [6.45, 7) is 19.9. The zero-order chi connectivity index (χ0) is 19.3. The van der Waals surface area contributed by atoms with E-state index < -0.39 is 13.9 Å². The van der Waals surface area contributed by atoms with Crippen molar-refractivity contribution >= 4 is 14.4 Å². The van der Waals surface area contributed by atoms with Gasteiger partial charge in [-0.3, -0.25) is 0 Å². The molecule has 0 unspecified atom stereocenters. The third-order valence-corrected chi connectivity index (χ3v) is 9.54. The standard InChI is InChI=1S/C19H39NO4Si/c1-18(2,3)24-17(21)20-12-10-16(11-13-20)22-14-9-15-23-25(7,8)19(4,5)6/h16H,9-15H2,1-8H3. The third-order valence-electron chi connectivity index (χ3n) is 5.01. The summed E-state index contributed by atoms with van der Waals surface area (Å²) in [4.78, 5) is 13.8. The van der Waals surface area contributed by atoms with Crippen LogP contribution in [-0.4, -0.2) is 57.3 Å². The predicted molar refractivity (Wildman–Crippen MR) is 105 cm³/mol. The molecule has 25 heavy (non-hydrogen) atoms. The Bertz CT molecular complexity index is 418. The number of piperidine rings is 1. The summed E-state index contributed by atoms with van der Waals surface area (Å²) in [5, 5.41) is 0.252. The number of amides is 1. The van der Waals surface area contributed by atoms with Gasteiger partial charge in [-0.1, -0.05) is 20.8 Å². The molecule has 0 saturated carbocycles. The largest absolute Gasteiger partial charge is 0.444 e. The Labute approximate surface area is 155 Å². The van der Waals surface area contributed by atoms with Gasteiger partial charge in [-0.05, 0) is 58.2 Å². The number of hydrogen-bond acceptors (Lipinski definition) is 4. The lowest BCUT2D eigenvalue weighted by atomic mass is 10.1. The van der Waals surface area contributed by atoms with Crippen LogP contribution in [0.2, 0.25) is 18.1 Å². The lowest BCUT2D eigenvalue weighted by Crippen LogP contribution is -2.43. The Morgan fingerprint density at radius 1 is 1.04 bits per heavy atom. The Morgan fingerprint density at radius 2 is 1.60 bits per heavy atom. The van der Waals surface area contributed by atoms with Crippen molar-refractivity contribution in [2.45, 2.75) is 90.6 Å². The Kier molecular flexibility index (Phi) is 7.96. The first-order chi connectivity index (χ1) is 11.3. The van der Waals surface area contributed by atoms with Crippen molar-refractivity contribution in [3.05, 3.63) is 0 Å². The van der Waals surface area contributed by atoms with E-state index in [-0.39, 0.29) is 17.2 Å². The van der Waals surface area contributed by atoms with Crippen molar-refractivity contribution in [3.8, 4) is 0 Å². The number of likely N-dealkylation sites (tertiary alicyclic amines) is 1. The van der Waals surface area contributed by atoms with Crippen molar-refractivity contribution < 1.29 is 18.7 Å². The lowest BCUT2D eigenvalue weighted by Gasteiger charge is -2.36. The molecule has 0 aliphatic carbocycles. The van der Waals surface area contributed by atoms with E-state index in [0.29, 0.717) is 13.1 Å². The van der Waals surface area contributed by atoms with Crippen LogP contribution in [0.15, 0.2) is 0 Å². The molecule has 0 N–H and O–H groups in total. The van der Waals surface area contributed by atoms with E-state index in [4.69, 9.17) is 13.9 Å². The first-order valence-electron chi connectivity index (χ1n) is 9.55. The summed E-state index contributed by atoms with van der Waals surface area (Å²) in [5.74, 6) is 0. The summed E-state index contributed by atoms with van der Waals surface area (Å²) in [6, 6.07) is 0. The highest BCUT2D eigenvalue weighted by atomic mass is 28.4. The van der Waals surface area contributed by atoms with Crippen LogP contribution in [0.5, 0.6) is 0 Å². The monoisotopic (exact) mass is 373 g/mol. The molecule has 148 valence electrons. The van der Waals surface area contributed by atoms with Gasteiger partial charge < -0.3 is 18.8 Å². The molecule has 0 aromatic rings. The Morgan fingerprint density at radius 3 is 2.08 bits per heavy atom. The van der Waals surface area contributed by atoms with Crippen molar-refractivity contribution in [2.75, 3.05) is 26.3 Å². The van der Waals surface area contributed by atoms with Crippen LogP contribution in [0, 0.1) is 0 Å². The molecular weight excluding hydrogens is 334 g/mol. The maximum atomic E-state index is 12.0. The van der Waals surface area contributed by atoms with Gasteiger partial charge in [0.1, 0.15) is 5.60 Å². The van der Waals surface area contributed by atoms with E-state index in [1.807, 2.05) is 20.8 Å². The summed E-state index contributed by atoms with van der Waals surface area (Å²) < 4.78 is 17.6. The molecule has 0 aromatic heterocycles. The fourth-order valence-corrected chi connectivity index (χ4v) is 3.47. The van der Waals surface area contributed by atoms with Gasteiger partial charge in [-0.2, -0.15) is 0 Å². The van der Waals surface area contributed by atoms with E-state index in [2.05, 4.69) is 33.9 Å². The number of ether oxygens (including phenoxy) is 2. The van der Waals surface area contributed by atoms with E-state index in [9.17, 15) is 4.79 Å². The molecule has 0 spiro atoms. The quantitative estimate of drug-likeness (QED) is 0.495. The minimum Gasteiger partial charge on any atom is -0.444 e. The fourth-order valence-electron chi connectivity index (χ4n) is 2.38. The van der Waals surface area contributed by atoms with Crippen LogP contribution < -0.4 is 0 Å². The average molecular weight is 374 g/mol. The second kappa shape index (κ2) is 8.87. The van der Waals surface area contributed by atoms with Crippen LogP contribution in [0.4, 0.5) is 4.79 Å². The second-order valence-corrected chi connectivity index (χ2v) is 14.3. The highest BCUT2D eigenvalue weighted by molar-refractivity contribution is 6.74. The van der Waals surface area contributed by atoms with Crippen LogP contribution in [0.25, 0.3) is 0 Å². The molecule has 1 heterocycles. The van der Waals surface area contributed by atoms with Crippen LogP contribution in [0.1, 0.15) is 60.8 Å². The topological polar surface area (TPSA) is 48.0 Å². The molecule has 0 radical (unpaired) electrons. The molecule has 1 fully saturated rings. The molecular formula is C19H39NO4Si. The first-order valence-corrected chi connectivity index (χ1v) is 12.5. The summed E-state index contributed by atoms with van der Waals surface area (Å²) in [7, 11) is -1.65. The van der Waals surface area contributed by atoms with E-state index in [1.54, 1.807) is 4.90 Å². The highest BCUT2D eigenvalue weighted by Gasteiger charge is 2.36. The Balaban J connectivity index is 2.18. The summed E-state index contributed by atoms with van der Waals surface area (Å²) in [6.07, 6.45) is 2.71. The summed E-state index contributed by atoms with van der Waals surface area (Å²) in [5.41, 5.74) is -0.436. The number of rotatable bonds is 6. The smallest absolute Gasteiger partial charge is 0.410 e. The molecule has 1 saturated heterocycles. The van der Waals surface area contributed by atoms with Gasteiger partial charge in [-0.15, -0.1) is 0 Å². The lowest BCUT2D eigenvalue weighted by molar-refractivity contribution is -0.0135. The molecule has 6 heteroatoms. The molecule has 5 nitrogen and oxygen atoms in total. The van der Waals surface area contributed by atoms with Gasteiger partial charge in [0.25, 0.3) is 0 Å². The maximum absolute atomic E-state index is 12.0. The minimum absolute atomic E-state index is 0.214. The van der Waals surface area contributed by atoms with E-state index >= 15 is 0 Å². The molecule has 1 aliphatic rings. The highest BCUT2D eigenvalue weighted by Crippen LogP contribution is 2.36. The number of carbonyl (C=O) groups excluding carboxylic acids is 1.